The van der Waals surface area contributed by atoms with Crippen LogP contribution >= 0.6 is 38.5 Å². The Labute approximate surface area is 127 Å². The maximum atomic E-state index is 12.3. The molecule has 1 rings (SSSR count). The molecule has 0 fully saturated rings. The fourth-order valence-corrected chi connectivity index (χ4v) is 2.22. The van der Waals surface area contributed by atoms with Crippen LogP contribution in [0.2, 0.25) is 0 Å². The van der Waals surface area contributed by atoms with Gasteiger partial charge in [0.05, 0.1) is 11.6 Å². The Hall–Kier alpha value is -0.830. The van der Waals surface area contributed by atoms with Gasteiger partial charge in [0.2, 0.25) is 0 Å². The lowest BCUT2D eigenvalue weighted by atomic mass is 10.1. The average molecular weight is 426 g/mol. The number of likely N-dealkylation sites (N-methyl/N-ethyl adjacent to an activating group) is 1. The first-order valence-corrected chi connectivity index (χ1v) is 6.95. The number of carbonyl (C=O) groups excluding carboxylic acids is 1. The van der Waals surface area contributed by atoms with Gasteiger partial charge in [-0.1, -0.05) is 5.16 Å². The number of carbonyl (C=O) groups is 1. The molecule has 7 heteroatoms. The summed E-state index contributed by atoms with van der Waals surface area (Å²) in [6.07, 6.45) is 0. The minimum atomic E-state index is -0.479. The SMILES string of the molecule is CC(/C(N)=N/O)N(C)C(=O)c1cc(I)ccc1Br. The van der Waals surface area contributed by atoms with Crippen LogP contribution < -0.4 is 5.73 Å². The van der Waals surface area contributed by atoms with Crippen molar-refractivity contribution in [2.75, 3.05) is 7.05 Å². The van der Waals surface area contributed by atoms with Gasteiger partial charge in [-0.2, -0.15) is 0 Å². The molecule has 0 saturated carbocycles. The molecule has 1 atom stereocenters. The van der Waals surface area contributed by atoms with Gasteiger partial charge in [-0.15, -0.1) is 0 Å². The highest BCUT2D eigenvalue weighted by Gasteiger charge is 2.22. The number of nitrogens with zero attached hydrogens (tertiary/aromatic N) is 2. The number of hydrogen-bond donors (Lipinski definition) is 2. The fraction of sp³-hybridized carbons (Fsp3) is 0.273. The second-order valence-corrected chi connectivity index (χ2v) is 5.84. The van der Waals surface area contributed by atoms with E-state index in [4.69, 9.17) is 10.9 Å². The molecule has 0 aliphatic carbocycles. The molecule has 18 heavy (non-hydrogen) atoms. The molecule has 5 nitrogen and oxygen atoms in total. The highest BCUT2D eigenvalue weighted by Crippen LogP contribution is 2.21. The molecule has 0 aromatic heterocycles. The van der Waals surface area contributed by atoms with Crippen molar-refractivity contribution in [3.05, 3.63) is 31.8 Å². The number of hydrogen-bond acceptors (Lipinski definition) is 3. The standard InChI is InChI=1S/C11H13BrIN3O2/c1-6(10(14)15-18)16(2)11(17)8-5-7(13)3-4-9(8)12/h3-6,18H,1-2H3,(H2,14,15). The number of rotatable bonds is 3. The highest BCUT2D eigenvalue weighted by atomic mass is 127. The molecular weight excluding hydrogens is 413 g/mol. The normalized spacial score (nSPS) is 13.2. The number of benzene rings is 1. The zero-order chi connectivity index (χ0) is 13.9. The Kier molecular flexibility index (Phi) is 5.39. The number of halogens is 2. The molecule has 0 spiro atoms. The molecule has 1 amide bonds. The predicted octanol–water partition coefficient (Wildman–Crippen LogP) is 2.26. The first-order valence-electron chi connectivity index (χ1n) is 5.08. The zero-order valence-electron chi connectivity index (χ0n) is 9.89. The number of nitrogens with two attached hydrogens (primary N) is 1. The fourth-order valence-electron chi connectivity index (χ4n) is 1.31. The lowest BCUT2D eigenvalue weighted by Gasteiger charge is -2.24. The monoisotopic (exact) mass is 425 g/mol. The Morgan fingerprint density at radius 3 is 2.78 bits per heavy atom. The number of oxime groups is 1. The summed E-state index contributed by atoms with van der Waals surface area (Å²) in [6, 6.07) is 5.01. The minimum absolute atomic E-state index is 0.00685. The lowest BCUT2D eigenvalue weighted by Crippen LogP contribution is -2.43. The van der Waals surface area contributed by atoms with E-state index >= 15 is 0 Å². The Morgan fingerprint density at radius 1 is 1.61 bits per heavy atom. The topological polar surface area (TPSA) is 78.9 Å². The van der Waals surface area contributed by atoms with Crippen LogP contribution in [0.3, 0.4) is 0 Å². The summed E-state index contributed by atoms with van der Waals surface area (Å²) in [7, 11) is 1.61. The van der Waals surface area contributed by atoms with Crippen LogP contribution in [0.5, 0.6) is 0 Å². The van der Waals surface area contributed by atoms with Crippen LogP contribution in [0.25, 0.3) is 0 Å². The van der Waals surface area contributed by atoms with Crippen molar-refractivity contribution >= 4 is 50.3 Å². The van der Waals surface area contributed by atoms with Gasteiger partial charge in [0, 0.05) is 15.1 Å². The molecule has 1 aromatic rings. The van der Waals surface area contributed by atoms with Crippen LogP contribution in [0.15, 0.2) is 27.8 Å². The third-order valence-corrected chi connectivity index (χ3v) is 3.97. The van der Waals surface area contributed by atoms with Gasteiger partial charge < -0.3 is 15.8 Å². The van der Waals surface area contributed by atoms with Gasteiger partial charge in [-0.3, -0.25) is 4.79 Å². The summed E-state index contributed by atoms with van der Waals surface area (Å²) < 4.78 is 1.68. The average Bonchev–Trinajstić information content (AvgIpc) is 2.38. The maximum absolute atomic E-state index is 12.3. The Morgan fingerprint density at radius 2 is 2.22 bits per heavy atom. The second-order valence-electron chi connectivity index (χ2n) is 3.74. The van der Waals surface area contributed by atoms with Crippen molar-refractivity contribution in [1.29, 1.82) is 0 Å². The molecule has 1 aromatic carbocycles. The summed E-state index contributed by atoms with van der Waals surface area (Å²) in [5.74, 6) is -0.202. The minimum Gasteiger partial charge on any atom is -0.409 e. The van der Waals surface area contributed by atoms with Crippen molar-refractivity contribution in [2.24, 2.45) is 10.9 Å². The molecule has 0 aliphatic heterocycles. The molecule has 0 saturated heterocycles. The van der Waals surface area contributed by atoms with Crippen LogP contribution in [0.4, 0.5) is 0 Å². The zero-order valence-corrected chi connectivity index (χ0v) is 13.6. The summed E-state index contributed by atoms with van der Waals surface area (Å²) in [6.45, 7) is 1.69. The molecule has 1 unspecified atom stereocenters. The van der Waals surface area contributed by atoms with E-state index in [-0.39, 0.29) is 11.7 Å². The van der Waals surface area contributed by atoms with Crippen LogP contribution in [0.1, 0.15) is 17.3 Å². The molecule has 98 valence electrons. The van der Waals surface area contributed by atoms with Crippen molar-refractivity contribution in [3.63, 3.8) is 0 Å². The van der Waals surface area contributed by atoms with Crippen molar-refractivity contribution < 1.29 is 10.0 Å². The summed E-state index contributed by atoms with van der Waals surface area (Å²) >= 11 is 5.48. The van der Waals surface area contributed by atoms with E-state index in [0.29, 0.717) is 10.0 Å². The molecule has 3 N–H and O–H groups in total. The molecule has 0 bridgehead atoms. The highest BCUT2D eigenvalue weighted by molar-refractivity contribution is 14.1. The van der Waals surface area contributed by atoms with Gasteiger partial charge in [-0.05, 0) is 63.6 Å². The van der Waals surface area contributed by atoms with E-state index in [1.807, 2.05) is 12.1 Å². The summed E-state index contributed by atoms with van der Waals surface area (Å²) in [4.78, 5) is 13.7. The quantitative estimate of drug-likeness (QED) is 0.256. The lowest BCUT2D eigenvalue weighted by molar-refractivity contribution is 0.0775. The van der Waals surface area contributed by atoms with E-state index in [9.17, 15) is 4.79 Å². The number of amides is 1. The molecule has 0 heterocycles. The Bertz CT molecular complexity index is 493. The van der Waals surface area contributed by atoms with E-state index in [2.05, 4.69) is 43.7 Å². The number of amidine groups is 1. The van der Waals surface area contributed by atoms with Gasteiger partial charge in [0.15, 0.2) is 5.84 Å². The van der Waals surface area contributed by atoms with Crippen LogP contribution in [-0.2, 0) is 0 Å². The molecule has 0 aliphatic rings. The maximum Gasteiger partial charge on any atom is 0.255 e. The van der Waals surface area contributed by atoms with Gasteiger partial charge in [-0.25, -0.2) is 0 Å². The smallest absolute Gasteiger partial charge is 0.255 e. The van der Waals surface area contributed by atoms with Crippen molar-refractivity contribution in [2.45, 2.75) is 13.0 Å². The van der Waals surface area contributed by atoms with E-state index in [1.54, 1.807) is 20.0 Å². The summed E-state index contributed by atoms with van der Waals surface area (Å²) in [5.41, 5.74) is 6.04. The van der Waals surface area contributed by atoms with Gasteiger partial charge >= 0.3 is 0 Å². The van der Waals surface area contributed by atoms with E-state index < -0.39 is 6.04 Å². The van der Waals surface area contributed by atoms with Crippen LogP contribution in [0, 0.1) is 3.57 Å². The molecule has 0 radical (unpaired) electrons. The van der Waals surface area contributed by atoms with Crippen molar-refractivity contribution in [1.82, 2.24) is 4.90 Å². The largest absolute Gasteiger partial charge is 0.409 e. The van der Waals surface area contributed by atoms with E-state index in [0.717, 1.165) is 3.57 Å². The molecular formula is C11H13BrIN3O2. The third-order valence-electron chi connectivity index (χ3n) is 2.60. The second kappa shape index (κ2) is 6.37. The van der Waals surface area contributed by atoms with Crippen LogP contribution in [-0.4, -0.2) is 34.9 Å². The summed E-state index contributed by atoms with van der Waals surface area (Å²) in [5, 5.41) is 11.5. The van der Waals surface area contributed by atoms with Crippen molar-refractivity contribution in [3.8, 4) is 0 Å². The Balaban J connectivity index is 3.03. The third kappa shape index (κ3) is 3.35. The van der Waals surface area contributed by atoms with Gasteiger partial charge in [0.25, 0.3) is 5.91 Å². The van der Waals surface area contributed by atoms with E-state index in [1.165, 1.54) is 4.90 Å². The first kappa shape index (κ1) is 15.2. The van der Waals surface area contributed by atoms with Gasteiger partial charge in [0.1, 0.15) is 0 Å². The predicted molar refractivity (Wildman–Crippen MR) is 81.8 cm³/mol. The first-order chi connectivity index (χ1) is 8.38.